The second-order valence-electron chi connectivity index (χ2n) is 8.47. The minimum Gasteiger partial charge on any atom is -0.472 e. The van der Waals surface area contributed by atoms with Gasteiger partial charge >= 0.3 is 6.18 Å². The lowest BCUT2D eigenvalue weighted by Crippen LogP contribution is -2.47. The first-order chi connectivity index (χ1) is 15.8. The Morgan fingerprint density at radius 3 is 2.45 bits per heavy atom. The maximum atomic E-state index is 13.6. The van der Waals surface area contributed by atoms with Crippen molar-refractivity contribution in [1.29, 1.82) is 0 Å². The Hall–Kier alpha value is -3.49. The lowest BCUT2D eigenvalue weighted by molar-refractivity contribution is -0.137. The summed E-state index contributed by atoms with van der Waals surface area (Å²) < 4.78 is 44.3. The van der Waals surface area contributed by atoms with E-state index in [0.29, 0.717) is 23.5 Å². The Bertz CT molecular complexity index is 1180. The summed E-state index contributed by atoms with van der Waals surface area (Å²) in [6.45, 7) is 2.53. The zero-order chi connectivity index (χ0) is 23.2. The van der Waals surface area contributed by atoms with Crippen molar-refractivity contribution in [2.75, 3.05) is 6.54 Å². The topological polar surface area (TPSA) is 68.2 Å². The summed E-state index contributed by atoms with van der Waals surface area (Å²) in [7, 11) is 0. The number of carbonyl (C=O) groups is 1. The smallest absolute Gasteiger partial charge is 0.417 e. The molecule has 1 aliphatic carbocycles. The Morgan fingerprint density at radius 2 is 1.79 bits per heavy atom. The Kier molecular flexibility index (Phi) is 5.26. The van der Waals surface area contributed by atoms with Crippen LogP contribution in [0.5, 0.6) is 5.88 Å². The first-order valence-corrected chi connectivity index (χ1v) is 10.7. The van der Waals surface area contributed by atoms with Crippen LogP contribution in [0.3, 0.4) is 0 Å². The summed E-state index contributed by atoms with van der Waals surface area (Å²) in [5.74, 6) is 0.249. The van der Waals surface area contributed by atoms with Gasteiger partial charge in [0, 0.05) is 31.2 Å². The summed E-state index contributed by atoms with van der Waals surface area (Å²) in [5, 5.41) is 0. The zero-order valence-electron chi connectivity index (χ0n) is 17.8. The van der Waals surface area contributed by atoms with Crippen molar-refractivity contribution in [3.63, 3.8) is 0 Å². The molecule has 0 radical (unpaired) electrons. The van der Waals surface area contributed by atoms with Crippen LogP contribution in [0, 0.1) is 12.8 Å². The average Bonchev–Trinajstić information content (AvgIpc) is 3.39. The van der Waals surface area contributed by atoms with Crippen LogP contribution in [0.4, 0.5) is 13.2 Å². The van der Waals surface area contributed by atoms with Crippen molar-refractivity contribution in [1.82, 2.24) is 19.9 Å². The van der Waals surface area contributed by atoms with Crippen LogP contribution in [0.15, 0.2) is 55.0 Å². The highest BCUT2D eigenvalue weighted by molar-refractivity contribution is 6.00. The number of halogens is 3. The molecule has 1 saturated heterocycles. The molecule has 3 aromatic rings. The van der Waals surface area contributed by atoms with Gasteiger partial charge in [0.2, 0.25) is 5.88 Å². The molecule has 170 valence electrons. The molecule has 2 aliphatic rings. The van der Waals surface area contributed by atoms with Gasteiger partial charge in [0.1, 0.15) is 11.8 Å². The molecule has 1 aliphatic heterocycles. The van der Waals surface area contributed by atoms with Gasteiger partial charge in [-0.05, 0) is 55.5 Å². The lowest BCUT2D eigenvalue weighted by Gasteiger charge is -2.33. The number of piperidine rings is 1. The fourth-order valence-corrected chi connectivity index (χ4v) is 4.75. The van der Waals surface area contributed by atoms with E-state index in [0.717, 1.165) is 30.7 Å². The third-order valence-corrected chi connectivity index (χ3v) is 6.29. The number of hydrogen-bond acceptors (Lipinski definition) is 5. The summed E-state index contributed by atoms with van der Waals surface area (Å²) in [6, 6.07) is 9.23. The van der Waals surface area contributed by atoms with E-state index in [1.807, 2.05) is 19.1 Å². The number of amides is 1. The summed E-state index contributed by atoms with van der Waals surface area (Å²) in [6.07, 6.45) is 0.819. The second-order valence-corrected chi connectivity index (χ2v) is 8.47. The van der Waals surface area contributed by atoms with Gasteiger partial charge in [-0.25, -0.2) is 4.98 Å². The van der Waals surface area contributed by atoms with Gasteiger partial charge < -0.3 is 9.64 Å². The van der Waals surface area contributed by atoms with Crippen LogP contribution in [-0.2, 0) is 6.18 Å². The van der Waals surface area contributed by atoms with Crippen molar-refractivity contribution in [3.05, 3.63) is 71.7 Å². The molecule has 3 unspecified atom stereocenters. The predicted molar refractivity (Wildman–Crippen MR) is 113 cm³/mol. The fraction of sp³-hybridized carbons (Fsp3) is 0.333. The molecular formula is C24H21F3N4O2. The number of aryl methyl sites for hydroxylation is 1. The standard InChI is InChI=1S/C24H21F3N4O2/c1-14-4-2-8-28-21(14)22-17(5-3-9-29-22)23(32)31-13-15-10-18(31)19(11-15)33-20-7-6-16(12-30-20)24(25,26)27/h2-9,12,15,18-19H,10-11,13H2,1H3. The number of alkyl halides is 3. The van der Waals surface area contributed by atoms with E-state index in [1.165, 1.54) is 6.07 Å². The van der Waals surface area contributed by atoms with E-state index in [1.54, 1.807) is 29.4 Å². The molecule has 0 N–H and O–H groups in total. The number of fused-ring (bicyclic) bond motifs is 2. The molecule has 9 heteroatoms. The van der Waals surface area contributed by atoms with E-state index < -0.39 is 11.7 Å². The van der Waals surface area contributed by atoms with Crippen LogP contribution in [0.25, 0.3) is 11.4 Å². The molecule has 4 heterocycles. The first kappa shape index (κ1) is 21.4. The van der Waals surface area contributed by atoms with E-state index >= 15 is 0 Å². The fourth-order valence-electron chi connectivity index (χ4n) is 4.75. The molecule has 1 amide bonds. The number of nitrogens with zero attached hydrogens (tertiary/aromatic N) is 4. The molecule has 1 saturated carbocycles. The number of ether oxygens (including phenoxy) is 1. The maximum absolute atomic E-state index is 13.6. The summed E-state index contributed by atoms with van der Waals surface area (Å²) in [5.41, 5.74) is 1.76. The van der Waals surface area contributed by atoms with Gasteiger partial charge in [-0.2, -0.15) is 13.2 Å². The molecule has 3 aromatic heterocycles. The van der Waals surface area contributed by atoms with Crippen molar-refractivity contribution >= 4 is 5.91 Å². The lowest BCUT2D eigenvalue weighted by atomic mass is 10.0. The van der Waals surface area contributed by atoms with Crippen molar-refractivity contribution in [3.8, 4) is 17.3 Å². The molecule has 6 nitrogen and oxygen atoms in total. The third-order valence-electron chi connectivity index (χ3n) is 6.29. The Labute approximate surface area is 188 Å². The monoisotopic (exact) mass is 454 g/mol. The first-order valence-electron chi connectivity index (χ1n) is 10.7. The highest BCUT2D eigenvalue weighted by atomic mass is 19.4. The average molecular weight is 454 g/mol. The quantitative estimate of drug-likeness (QED) is 0.579. The molecule has 0 aromatic carbocycles. The minimum absolute atomic E-state index is 0.124. The van der Waals surface area contributed by atoms with Crippen LogP contribution in [-0.4, -0.2) is 44.4 Å². The number of aromatic nitrogens is 3. The number of likely N-dealkylation sites (tertiary alicyclic amines) is 1. The molecule has 2 bridgehead atoms. The molecular weight excluding hydrogens is 433 g/mol. The zero-order valence-corrected chi connectivity index (χ0v) is 17.8. The molecule has 5 rings (SSSR count). The molecule has 0 spiro atoms. The number of carbonyl (C=O) groups excluding carboxylic acids is 1. The van der Waals surface area contributed by atoms with E-state index in [-0.39, 0.29) is 29.9 Å². The van der Waals surface area contributed by atoms with Gasteiger partial charge in [-0.3, -0.25) is 14.8 Å². The van der Waals surface area contributed by atoms with Crippen molar-refractivity contribution < 1.29 is 22.7 Å². The maximum Gasteiger partial charge on any atom is 0.417 e. The van der Waals surface area contributed by atoms with E-state index in [4.69, 9.17) is 4.74 Å². The second kappa shape index (κ2) is 8.13. The van der Waals surface area contributed by atoms with E-state index in [9.17, 15) is 18.0 Å². The highest BCUT2D eigenvalue weighted by Crippen LogP contribution is 2.41. The van der Waals surface area contributed by atoms with Crippen LogP contribution < -0.4 is 4.74 Å². The molecule has 3 atom stereocenters. The Balaban J connectivity index is 1.37. The largest absolute Gasteiger partial charge is 0.472 e. The van der Waals surface area contributed by atoms with Crippen LogP contribution >= 0.6 is 0 Å². The van der Waals surface area contributed by atoms with Gasteiger partial charge in [0.15, 0.2) is 0 Å². The number of pyridine rings is 3. The normalized spacial score (nSPS) is 21.9. The highest BCUT2D eigenvalue weighted by Gasteiger charge is 2.49. The van der Waals surface area contributed by atoms with E-state index in [2.05, 4.69) is 15.0 Å². The SMILES string of the molecule is Cc1cccnc1-c1ncccc1C(=O)N1CC2CC(Oc3ccc(C(F)(F)F)cn3)C1C2. The summed E-state index contributed by atoms with van der Waals surface area (Å²) in [4.78, 5) is 28.0. The molecule has 33 heavy (non-hydrogen) atoms. The predicted octanol–water partition coefficient (Wildman–Crippen LogP) is 4.55. The number of hydrogen-bond donors (Lipinski definition) is 0. The molecule has 2 fully saturated rings. The van der Waals surface area contributed by atoms with Crippen LogP contribution in [0.2, 0.25) is 0 Å². The third kappa shape index (κ3) is 4.03. The minimum atomic E-state index is -4.45. The van der Waals surface area contributed by atoms with Gasteiger partial charge in [-0.1, -0.05) is 6.07 Å². The van der Waals surface area contributed by atoms with Crippen molar-refractivity contribution in [2.24, 2.45) is 5.92 Å². The van der Waals surface area contributed by atoms with Gasteiger partial charge in [0.25, 0.3) is 5.91 Å². The van der Waals surface area contributed by atoms with Crippen molar-refractivity contribution in [2.45, 2.75) is 38.1 Å². The van der Waals surface area contributed by atoms with Gasteiger partial charge in [0.05, 0.1) is 22.9 Å². The summed E-state index contributed by atoms with van der Waals surface area (Å²) >= 11 is 0. The number of rotatable bonds is 4. The Morgan fingerprint density at radius 1 is 1.03 bits per heavy atom. The van der Waals surface area contributed by atoms with Gasteiger partial charge in [-0.15, -0.1) is 0 Å². The van der Waals surface area contributed by atoms with Crippen LogP contribution in [0.1, 0.15) is 34.3 Å².